The molecule has 0 saturated heterocycles. The van der Waals surface area contributed by atoms with E-state index in [0.717, 1.165) is 27.5 Å². The van der Waals surface area contributed by atoms with Gasteiger partial charge in [0.2, 0.25) is 0 Å². The second kappa shape index (κ2) is 9.15. The van der Waals surface area contributed by atoms with Crippen LogP contribution in [-0.2, 0) is 6.18 Å². The first-order valence-corrected chi connectivity index (χ1v) is 12.2. The van der Waals surface area contributed by atoms with Crippen LogP contribution in [0.5, 0.6) is 0 Å². The lowest BCUT2D eigenvalue weighted by Crippen LogP contribution is -2.23. The Labute approximate surface area is 226 Å². The fourth-order valence-electron chi connectivity index (χ4n) is 4.94. The van der Waals surface area contributed by atoms with Crippen LogP contribution in [0.3, 0.4) is 0 Å². The van der Waals surface area contributed by atoms with Crippen molar-refractivity contribution in [1.82, 2.24) is 29.1 Å². The molecule has 0 radical (unpaired) electrons. The minimum absolute atomic E-state index is 0.138. The van der Waals surface area contributed by atoms with Gasteiger partial charge in [0.15, 0.2) is 5.69 Å². The third kappa shape index (κ3) is 4.15. The number of fused-ring (bicyclic) bond motifs is 4. The summed E-state index contributed by atoms with van der Waals surface area (Å²) in [5, 5.41) is 16.9. The monoisotopic (exact) mass is 565 g/mol. The normalized spacial score (nSPS) is 12.0. The van der Waals surface area contributed by atoms with Crippen molar-refractivity contribution in [3.05, 3.63) is 82.0 Å². The molecule has 0 aliphatic rings. The number of aromatic carboxylic acids is 1. The molecule has 0 bridgehead atoms. The molecule has 0 spiro atoms. The molecule has 0 unspecified atom stereocenters. The van der Waals surface area contributed by atoms with Crippen LogP contribution in [0.1, 0.15) is 28.5 Å². The van der Waals surface area contributed by atoms with Gasteiger partial charge in [0, 0.05) is 47.8 Å². The van der Waals surface area contributed by atoms with Gasteiger partial charge in [0.25, 0.3) is 5.56 Å². The van der Waals surface area contributed by atoms with Crippen molar-refractivity contribution in [2.75, 3.05) is 11.9 Å². The zero-order valence-corrected chi connectivity index (χ0v) is 21.3. The maximum absolute atomic E-state index is 14.8. The number of carboxylic acid groups (broad SMARTS) is 1. The van der Waals surface area contributed by atoms with Crippen molar-refractivity contribution in [2.24, 2.45) is 0 Å². The summed E-state index contributed by atoms with van der Waals surface area (Å²) < 4.78 is 57.6. The van der Waals surface area contributed by atoms with E-state index < -0.39 is 34.8 Å². The van der Waals surface area contributed by atoms with Crippen molar-refractivity contribution in [2.45, 2.75) is 20.0 Å². The number of benzene rings is 1. The van der Waals surface area contributed by atoms with Crippen molar-refractivity contribution < 1.29 is 27.5 Å². The fourth-order valence-corrected chi connectivity index (χ4v) is 4.94. The Morgan fingerprint density at radius 1 is 1.17 bits per heavy atom. The van der Waals surface area contributed by atoms with Crippen LogP contribution in [0, 0.1) is 12.7 Å². The van der Waals surface area contributed by atoms with E-state index in [-0.39, 0.29) is 27.9 Å². The molecule has 3 N–H and O–H groups in total. The molecule has 6 aromatic rings. The van der Waals surface area contributed by atoms with Crippen LogP contribution >= 0.6 is 0 Å². The van der Waals surface area contributed by atoms with E-state index in [0.29, 0.717) is 34.3 Å². The second-order valence-corrected chi connectivity index (χ2v) is 9.31. The summed E-state index contributed by atoms with van der Waals surface area (Å²) in [6, 6.07) is 5.00. The van der Waals surface area contributed by atoms with Crippen LogP contribution < -0.4 is 10.9 Å². The van der Waals surface area contributed by atoms with E-state index in [2.05, 4.69) is 25.4 Å². The number of nitrogens with zero attached hydrogens (tertiary/aromatic N) is 5. The Morgan fingerprint density at radius 2 is 1.95 bits per heavy atom. The molecule has 5 aromatic heterocycles. The summed E-state index contributed by atoms with van der Waals surface area (Å²) in [5.74, 6) is -2.04. The molecular formula is C27H19F4N7O3. The Balaban J connectivity index is 1.74. The third-order valence-corrected chi connectivity index (χ3v) is 6.67. The highest BCUT2D eigenvalue weighted by atomic mass is 19.4. The standard InChI is InChI=1S/C27H19F4N7O3/c1-3-32-18-8-14(28)7-15-20-22(38-5-4-19(36-38)27(29,30)31)16(9-33-23(20)35-21(15)18)13-6-12(2)24-34-10-17(26(40)41)25(39)37(24)11-13/h4-11,32H,3H2,1-2H3,(H,33,35)(H,40,41). The van der Waals surface area contributed by atoms with Crippen molar-refractivity contribution in [1.29, 1.82) is 0 Å². The number of aryl methyl sites for hydroxylation is 1. The molecule has 0 fully saturated rings. The average Bonchev–Trinajstić information content (AvgIpc) is 3.54. The lowest BCUT2D eigenvalue weighted by Gasteiger charge is -2.14. The Bertz CT molecular complexity index is 2090. The van der Waals surface area contributed by atoms with Crippen molar-refractivity contribution in [3.63, 3.8) is 0 Å². The number of carbonyl (C=O) groups is 1. The van der Waals surface area contributed by atoms with E-state index in [9.17, 15) is 32.3 Å². The van der Waals surface area contributed by atoms with Gasteiger partial charge < -0.3 is 15.4 Å². The van der Waals surface area contributed by atoms with Gasteiger partial charge in [-0.05, 0) is 43.7 Å². The van der Waals surface area contributed by atoms with Crippen molar-refractivity contribution in [3.8, 4) is 16.8 Å². The molecule has 10 nitrogen and oxygen atoms in total. The average molecular weight is 565 g/mol. The van der Waals surface area contributed by atoms with Gasteiger partial charge in [-0.3, -0.25) is 9.20 Å². The summed E-state index contributed by atoms with van der Waals surface area (Å²) in [7, 11) is 0. The number of alkyl halides is 3. The van der Waals surface area contributed by atoms with Gasteiger partial charge in [0.1, 0.15) is 22.7 Å². The first-order valence-electron chi connectivity index (χ1n) is 12.2. The fraction of sp³-hybridized carbons (Fsp3) is 0.148. The van der Waals surface area contributed by atoms with E-state index in [1.165, 1.54) is 24.5 Å². The molecule has 0 aliphatic heterocycles. The third-order valence-electron chi connectivity index (χ3n) is 6.67. The summed E-state index contributed by atoms with van der Waals surface area (Å²) in [6.45, 7) is 3.96. The van der Waals surface area contributed by atoms with Crippen molar-refractivity contribution >= 4 is 39.2 Å². The lowest BCUT2D eigenvalue weighted by molar-refractivity contribution is -0.141. The number of nitrogens with one attached hydrogen (secondary N) is 2. The van der Waals surface area contributed by atoms with E-state index >= 15 is 0 Å². The van der Waals surface area contributed by atoms with E-state index in [1.807, 2.05) is 6.92 Å². The number of H-pyrrole nitrogens is 1. The summed E-state index contributed by atoms with van der Waals surface area (Å²) in [6.07, 6.45) is 0.106. The molecular weight excluding hydrogens is 546 g/mol. The molecule has 0 amide bonds. The first-order chi connectivity index (χ1) is 19.5. The van der Waals surface area contributed by atoms with Crippen LogP contribution in [0.2, 0.25) is 0 Å². The van der Waals surface area contributed by atoms with Gasteiger partial charge in [-0.25, -0.2) is 23.8 Å². The number of aromatic amines is 1. The minimum Gasteiger partial charge on any atom is -0.477 e. The zero-order chi connectivity index (χ0) is 29.2. The van der Waals surface area contributed by atoms with Gasteiger partial charge in [-0.1, -0.05) is 0 Å². The quantitative estimate of drug-likeness (QED) is 0.246. The van der Waals surface area contributed by atoms with Crippen LogP contribution in [-0.4, -0.2) is 46.8 Å². The number of pyridine rings is 2. The van der Waals surface area contributed by atoms with Crippen LogP contribution in [0.15, 0.2) is 53.8 Å². The number of halogens is 4. The molecule has 208 valence electrons. The van der Waals surface area contributed by atoms with Crippen LogP contribution in [0.25, 0.3) is 44.4 Å². The highest BCUT2D eigenvalue weighted by Crippen LogP contribution is 2.39. The topological polar surface area (TPSA) is 130 Å². The molecule has 41 heavy (non-hydrogen) atoms. The maximum atomic E-state index is 14.8. The highest BCUT2D eigenvalue weighted by molar-refractivity contribution is 6.15. The molecule has 14 heteroatoms. The second-order valence-electron chi connectivity index (χ2n) is 9.31. The Kier molecular flexibility index (Phi) is 5.79. The number of carboxylic acids is 1. The van der Waals surface area contributed by atoms with Gasteiger partial charge in [-0.2, -0.15) is 18.3 Å². The number of anilines is 1. The number of hydrogen-bond acceptors (Lipinski definition) is 6. The summed E-state index contributed by atoms with van der Waals surface area (Å²) in [5.41, 5.74) is 0.0208. The van der Waals surface area contributed by atoms with Gasteiger partial charge >= 0.3 is 12.1 Å². The highest BCUT2D eigenvalue weighted by Gasteiger charge is 2.34. The molecule has 0 aliphatic carbocycles. The number of hydrogen-bond donors (Lipinski definition) is 3. The van der Waals surface area contributed by atoms with Gasteiger partial charge in [0.05, 0.1) is 22.3 Å². The number of rotatable bonds is 5. The summed E-state index contributed by atoms with van der Waals surface area (Å²) >= 11 is 0. The maximum Gasteiger partial charge on any atom is 0.435 e. The molecule has 6 rings (SSSR count). The predicted octanol–water partition coefficient (Wildman–Crippen LogP) is 5.17. The van der Waals surface area contributed by atoms with Gasteiger partial charge in [-0.15, -0.1) is 0 Å². The molecule has 0 saturated carbocycles. The zero-order valence-electron chi connectivity index (χ0n) is 21.3. The largest absolute Gasteiger partial charge is 0.477 e. The Hall–Kier alpha value is -5.27. The smallest absolute Gasteiger partial charge is 0.435 e. The lowest BCUT2D eigenvalue weighted by atomic mass is 10.0. The molecule has 0 atom stereocenters. The number of aromatic nitrogens is 6. The van der Waals surface area contributed by atoms with Crippen LogP contribution in [0.4, 0.5) is 23.2 Å². The predicted molar refractivity (Wildman–Crippen MR) is 142 cm³/mol. The minimum atomic E-state index is -4.73. The van der Waals surface area contributed by atoms with E-state index in [4.69, 9.17) is 0 Å². The Morgan fingerprint density at radius 3 is 2.63 bits per heavy atom. The molecule has 1 aromatic carbocycles. The molecule has 5 heterocycles. The SMILES string of the molecule is CCNc1cc(F)cc2c1[nH]c1ncc(-c3cc(C)c4ncc(C(=O)O)c(=O)n4c3)c(-n3ccc(C(F)(F)F)n3)c12. The first kappa shape index (κ1) is 26.0. The summed E-state index contributed by atoms with van der Waals surface area (Å²) in [4.78, 5) is 36.2. The van der Waals surface area contributed by atoms with E-state index in [1.54, 1.807) is 13.0 Å².